The highest BCUT2D eigenvalue weighted by molar-refractivity contribution is 5.81. The lowest BCUT2D eigenvalue weighted by Gasteiger charge is -2.24. The third kappa shape index (κ3) is 3.05. The third-order valence-electron chi connectivity index (χ3n) is 4.48. The number of likely N-dealkylation sites (tertiary alicyclic amines) is 1. The molecule has 1 N–H and O–H groups in total. The molecule has 1 aliphatic heterocycles. The Morgan fingerprint density at radius 1 is 1.33 bits per heavy atom. The van der Waals surface area contributed by atoms with Crippen molar-refractivity contribution in [3.05, 3.63) is 29.3 Å². The number of hydrogen-bond acceptors (Lipinski definition) is 3. The lowest BCUT2D eigenvalue weighted by molar-refractivity contribution is -0.136. The minimum absolute atomic E-state index is 0.0609. The van der Waals surface area contributed by atoms with Gasteiger partial charge in [0.25, 0.3) is 5.91 Å². The van der Waals surface area contributed by atoms with Crippen LogP contribution in [-0.4, -0.2) is 35.1 Å². The van der Waals surface area contributed by atoms with E-state index in [-0.39, 0.29) is 5.91 Å². The molecule has 0 radical (unpaired) electrons. The van der Waals surface area contributed by atoms with Crippen molar-refractivity contribution in [2.45, 2.75) is 51.2 Å². The number of amides is 1. The van der Waals surface area contributed by atoms with Crippen molar-refractivity contribution in [2.24, 2.45) is 0 Å². The molecule has 1 amide bonds. The second-order valence-electron chi connectivity index (χ2n) is 6.06. The van der Waals surface area contributed by atoms with Crippen molar-refractivity contribution < 1.29 is 14.6 Å². The van der Waals surface area contributed by atoms with Crippen LogP contribution in [-0.2, 0) is 11.2 Å². The van der Waals surface area contributed by atoms with E-state index >= 15 is 0 Å². The zero-order valence-corrected chi connectivity index (χ0v) is 12.5. The van der Waals surface area contributed by atoms with Gasteiger partial charge in [-0.15, -0.1) is 0 Å². The molecule has 21 heavy (non-hydrogen) atoms. The molecule has 1 aliphatic carbocycles. The number of nitrogens with zero attached hydrogens (tertiary/aromatic N) is 1. The summed E-state index contributed by atoms with van der Waals surface area (Å²) in [4.78, 5) is 14.1. The van der Waals surface area contributed by atoms with Gasteiger partial charge in [-0.3, -0.25) is 4.79 Å². The largest absolute Gasteiger partial charge is 0.481 e. The zero-order chi connectivity index (χ0) is 14.8. The average molecular weight is 289 g/mol. The van der Waals surface area contributed by atoms with Gasteiger partial charge in [0, 0.05) is 13.1 Å². The summed E-state index contributed by atoms with van der Waals surface area (Å²) in [6.45, 7) is 3.49. The summed E-state index contributed by atoms with van der Waals surface area (Å²) in [5.41, 5.74) is 2.15. The van der Waals surface area contributed by atoms with Gasteiger partial charge in [-0.05, 0) is 62.3 Å². The molecule has 1 heterocycles. The third-order valence-corrected chi connectivity index (χ3v) is 4.48. The summed E-state index contributed by atoms with van der Waals surface area (Å²) in [6.07, 6.45) is 4.14. The molecule has 4 nitrogen and oxygen atoms in total. The van der Waals surface area contributed by atoms with E-state index in [4.69, 9.17) is 4.74 Å². The highest BCUT2D eigenvalue weighted by Crippen LogP contribution is 2.32. The first kappa shape index (κ1) is 14.4. The maximum Gasteiger partial charge on any atom is 0.263 e. The normalized spacial score (nSPS) is 22.8. The molecule has 114 valence electrons. The van der Waals surface area contributed by atoms with Gasteiger partial charge in [-0.25, -0.2) is 0 Å². The van der Waals surface area contributed by atoms with Crippen LogP contribution < -0.4 is 4.74 Å². The Kier molecular flexibility index (Phi) is 4.15. The van der Waals surface area contributed by atoms with Crippen molar-refractivity contribution in [1.29, 1.82) is 0 Å². The maximum atomic E-state index is 12.3. The number of aliphatic hydroxyl groups is 1. The van der Waals surface area contributed by atoms with Gasteiger partial charge in [0.05, 0.1) is 6.10 Å². The van der Waals surface area contributed by atoms with E-state index < -0.39 is 12.2 Å². The molecule has 0 aromatic heterocycles. The van der Waals surface area contributed by atoms with Crippen LogP contribution in [0.5, 0.6) is 5.75 Å². The summed E-state index contributed by atoms with van der Waals surface area (Å²) < 4.78 is 5.80. The number of benzene rings is 1. The van der Waals surface area contributed by atoms with E-state index in [1.807, 2.05) is 23.1 Å². The molecule has 2 atom stereocenters. The number of carbonyl (C=O) groups excluding carboxylic acids is 1. The van der Waals surface area contributed by atoms with Gasteiger partial charge >= 0.3 is 0 Å². The molecule has 0 saturated carbocycles. The van der Waals surface area contributed by atoms with E-state index in [1.165, 1.54) is 5.56 Å². The number of carbonyl (C=O) groups is 1. The molecule has 0 bridgehead atoms. The van der Waals surface area contributed by atoms with E-state index in [2.05, 4.69) is 0 Å². The van der Waals surface area contributed by atoms with Crippen LogP contribution in [0.3, 0.4) is 0 Å². The molecule has 2 aliphatic rings. The van der Waals surface area contributed by atoms with Crippen molar-refractivity contribution in [3.63, 3.8) is 0 Å². The highest BCUT2D eigenvalue weighted by Gasteiger charge is 2.25. The zero-order valence-electron chi connectivity index (χ0n) is 12.5. The summed E-state index contributed by atoms with van der Waals surface area (Å²) in [5.74, 6) is 0.737. The smallest absolute Gasteiger partial charge is 0.263 e. The minimum Gasteiger partial charge on any atom is -0.481 e. The van der Waals surface area contributed by atoms with E-state index in [9.17, 15) is 9.90 Å². The predicted octanol–water partition coefficient (Wildman–Crippen LogP) is 2.45. The minimum atomic E-state index is -0.470. The molecule has 1 fully saturated rings. The summed E-state index contributed by atoms with van der Waals surface area (Å²) in [6, 6.07) is 5.82. The number of aryl methyl sites for hydroxylation is 1. The van der Waals surface area contributed by atoms with Crippen molar-refractivity contribution >= 4 is 5.91 Å². The first-order valence-corrected chi connectivity index (χ1v) is 7.91. The van der Waals surface area contributed by atoms with Crippen molar-refractivity contribution in [2.75, 3.05) is 13.1 Å². The summed E-state index contributed by atoms with van der Waals surface area (Å²) in [7, 11) is 0. The van der Waals surface area contributed by atoms with Gasteiger partial charge in [0.15, 0.2) is 6.10 Å². The predicted molar refractivity (Wildman–Crippen MR) is 80.2 cm³/mol. The van der Waals surface area contributed by atoms with Gasteiger partial charge in [-0.2, -0.15) is 0 Å². The molecular weight excluding hydrogens is 266 g/mol. The topological polar surface area (TPSA) is 49.8 Å². The first-order chi connectivity index (χ1) is 10.1. The highest BCUT2D eigenvalue weighted by atomic mass is 16.5. The number of aliphatic hydroxyl groups excluding tert-OH is 1. The number of ether oxygens (including phenoxy) is 1. The van der Waals surface area contributed by atoms with Crippen LogP contribution in [0.4, 0.5) is 0 Å². The van der Waals surface area contributed by atoms with Gasteiger partial charge in [-0.1, -0.05) is 6.07 Å². The van der Waals surface area contributed by atoms with Crippen LogP contribution in [0.1, 0.15) is 49.8 Å². The van der Waals surface area contributed by atoms with Gasteiger partial charge in [0.1, 0.15) is 5.75 Å². The lowest BCUT2D eigenvalue weighted by atomic mass is 9.89. The van der Waals surface area contributed by atoms with Crippen LogP contribution in [0, 0.1) is 0 Å². The monoisotopic (exact) mass is 289 g/mol. The molecule has 3 rings (SSSR count). The molecule has 1 aromatic rings. The van der Waals surface area contributed by atoms with Crippen LogP contribution in [0.25, 0.3) is 0 Å². The van der Waals surface area contributed by atoms with Crippen molar-refractivity contribution in [1.82, 2.24) is 4.90 Å². The Labute approximate surface area is 125 Å². The number of hydrogen-bond donors (Lipinski definition) is 1. The summed E-state index contributed by atoms with van der Waals surface area (Å²) in [5, 5.41) is 10.1. The fourth-order valence-corrected chi connectivity index (χ4v) is 3.27. The fourth-order valence-electron chi connectivity index (χ4n) is 3.27. The van der Waals surface area contributed by atoms with Gasteiger partial charge < -0.3 is 14.7 Å². The van der Waals surface area contributed by atoms with Crippen molar-refractivity contribution in [3.8, 4) is 5.75 Å². The van der Waals surface area contributed by atoms with E-state index in [0.29, 0.717) is 5.75 Å². The maximum absolute atomic E-state index is 12.3. The molecule has 4 heteroatoms. The SMILES string of the molecule is CC(Oc1ccc2c(c1)[C@H](O)CCC2)C(=O)N1CCCC1. The molecule has 0 spiro atoms. The molecular formula is C17H23NO3. The first-order valence-electron chi connectivity index (χ1n) is 7.91. The Bertz CT molecular complexity index is 523. The number of rotatable bonds is 3. The summed E-state index contributed by atoms with van der Waals surface area (Å²) >= 11 is 0. The van der Waals surface area contributed by atoms with Crippen LogP contribution in [0.15, 0.2) is 18.2 Å². The van der Waals surface area contributed by atoms with Gasteiger partial charge in [0.2, 0.25) is 0 Å². The Balaban J connectivity index is 1.69. The Hall–Kier alpha value is -1.55. The van der Waals surface area contributed by atoms with Crippen LogP contribution in [0.2, 0.25) is 0 Å². The van der Waals surface area contributed by atoms with Crippen LogP contribution >= 0.6 is 0 Å². The molecule has 1 saturated heterocycles. The lowest BCUT2D eigenvalue weighted by Crippen LogP contribution is -2.38. The Morgan fingerprint density at radius 2 is 2.10 bits per heavy atom. The molecule has 1 unspecified atom stereocenters. The fraction of sp³-hybridized carbons (Fsp3) is 0.588. The second-order valence-corrected chi connectivity index (χ2v) is 6.06. The number of fused-ring (bicyclic) bond motifs is 1. The molecule has 1 aromatic carbocycles. The van der Waals surface area contributed by atoms with E-state index in [0.717, 1.165) is 50.8 Å². The Morgan fingerprint density at radius 3 is 2.86 bits per heavy atom. The standard InChI is InChI=1S/C17H23NO3/c1-12(17(20)18-9-2-3-10-18)21-14-8-7-13-5-4-6-16(19)15(13)11-14/h7-8,11-12,16,19H,2-6,9-10H2,1H3/t12?,16-/m1/s1. The second kappa shape index (κ2) is 6.06. The average Bonchev–Trinajstić information content (AvgIpc) is 3.01. The van der Waals surface area contributed by atoms with E-state index in [1.54, 1.807) is 6.92 Å². The quantitative estimate of drug-likeness (QED) is 0.930.